The van der Waals surface area contributed by atoms with Gasteiger partial charge in [0.05, 0.1) is 14.2 Å². The molecule has 0 amide bonds. The summed E-state index contributed by atoms with van der Waals surface area (Å²) in [5.41, 5.74) is 1.38. The second-order valence-electron chi connectivity index (χ2n) is 7.89. The summed E-state index contributed by atoms with van der Waals surface area (Å²) < 4.78 is 13.0. The third-order valence-corrected chi connectivity index (χ3v) is 6.04. The van der Waals surface area contributed by atoms with Gasteiger partial charge in [0.15, 0.2) is 17.5 Å². The van der Waals surface area contributed by atoms with Crippen molar-refractivity contribution in [3.8, 4) is 11.5 Å². The van der Waals surface area contributed by atoms with Crippen molar-refractivity contribution in [2.75, 3.05) is 34.4 Å². The molecule has 0 spiro atoms. The highest BCUT2D eigenvalue weighted by Crippen LogP contribution is 2.42. The molecule has 1 aliphatic carbocycles. The Bertz CT molecular complexity index is 798. The number of benzene rings is 1. The number of aliphatic imine (C=N–C) groups is 1. The van der Waals surface area contributed by atoms with E-state index in [0.29, 0.717) is 0 Å². The number of guanidine groups is 1. The van der Waals surface area contributed by atoms with E-state index < -0.39 is 0 Å². The Labute approximate surface area is 179 Å². The van der Waals surface area contributed by atoms with Crippen LogP contribution in [0.1, 0.15) is 44.1 Å². The number of rotatable bonds is 9. The molecule has 7 heteroatoms. The summed E-state index contributed by atoms with van der Waals surface area (Å²) in [7, 11) is 5.20. The van der Waals surface area contributed by atoms with E-state index >= 15 is 0 Å². The summed E-state index contributed by atoms with van der Waals surface area (Å²) in [5, 5.41) is 11.3. The van der Waals surface area contributed by atoms with Crippen molar-refractivity contribution in [3.05, 3.63) is 42.2 Å². The third kappa shape index (κ3) is 5.46. The molecule has 0 unspecified atom stereocenters. The Morgan fingerprint density at radius 2 is 1.93 bits per heavy atom. The van der Waals surface area contributed by atoms with Gasteiger partial charge in [-0.05, 0) is 43.0 Å². The van der Waals surface area contributed by atoms with Gasteiger partial charge in [-0.15, -0.1) is 0 Å². The van der Waals surface area contributed by atoms with Crippen molar-refractivity contribution in [1.82, 2.24) is 20.4 Å². The van der Waals surface area contributed by atoms with Gasteiger partial charge in [0.25, 0.3) is 0 Å². The fraction of sp³-hybridized carbons (Fsp3) is 0.565. The van der Waals surface area contributed by atoms with E-state index in [-0.39, 0.29) is 5.41 Å². The van der Waals surface area contributed by atoms with Crippen LogP contribution < -0.4 is 20.1 Å². The molecular weight excluding hydrogens is 378 g/mol. The van der Waals surface area contributed by atoms with Crippen LogP contribution in [0.5, 0.6) is 11.5 Å². The molecule has 0 radical (unpaired) electrons. The molecule has 1 aromatic heterocycles. The average molecular weight is 414 g/mol. The number of nitrogens with one attached hydrogen (secondary N) is 2. The minimum atomic E-state index is 0.0739. The quantitative estimate of drug-likeness (QED) is 0.375. The van der Waals surface area contributed by atoms with Crippen molar-refractivity contribution in [2.45, 2.75) is 50.5 Å². The van der Waals surface area contributed by atoms with Gasteiger partial charge in [0.2, 0.25) is 0 Å². The molecule has 7 nitrogen and oxygen atoms in total. The zero-order chi connectivity index (χ0) is 21.2. The first-order valence-electron chi connectivity index (χ1n) is 10.9. The Kier molecular flexibility index (Phi) is 7.99. The minimum absolute atomic E-state index is 0.0739. The third-order valence-electron chi connectivity index (χ3n) is 6.04. The molecule has 164 valence electrons. The lowest BCUT2D eigenvalue weighted by atomic mass is 9.69. The Morgan fingerprint density at radius 1 is 1.13 bits per heavy atom. The van der Waals surface area contributed by atoms with Crippen molar-refractivity contribution < 1.29 is 9.47 Å². The van der Waals surface area contributed by atoms with Crippen molar-refractivity contribution in [1.29, 1.82) is 0 Å². The zero-order valence-electron chi connectivity index (χ0n) is 18.5. The van der Waals surface area contributed by atoms with Crippen LogP contribution in [-0.4, -0.2) is 50.1 Å². The highest BCUT2D eigenvalue weighted by atomic mass is 16.5. The summed E-state index contributed by atoms with van der Waals surface area (Å²) in [6.07, 6.45) is 10.9. The maximum atomic E-state index is 5.57. The molecule has 1 aliphatic rings. The number of hydrogen-bond donors (Lipinski definition) is 2. The first kappa shape index (κ1) is 22.0. The Morgan fingerprint density at radius 3 is 2.60 bits per heavy atom. The van der Waals surface area contributed by atoms with Gasteiger partial charge in [0.1, 0.15) is 0 Å². The number of ether oxygens (including phenoxy) is 2. The van der Waals surface area contributed by atoms with Gasteiger partial charge in [-0.25, -0.2) is 0 Å². The largest absolute Gasteiger partial charge is 0.493 e. The summed E-state index contributed by atoms with van der Waals surface area (Å²) in [6.45, 7) is 2.59. The summed E-state index contributed by atoms with van der Waals surface area (Å²) >= 11 is 0. The fourth-order valence-electron chi connectivity index (χ4n) is 4.32. The van der Waals surface area contributed by atoms with Crippen LogP contribution >= 0.6 is 0 Å². The first-order chi connectivity index (χ1) is 14.7. The lowest BCUT2D eigenvalue weighted by Gasteiger charge is -2.38. The van der Waals surface area contributed by atoms with E-state index in [9.17, 15) is 0 Å². The number of methoxy groups -OCH3 is 2. The standard InChI is InChI=1S/C23H35N5O2/c1-24-22(25-13-7-15-28-16-8-14-27-28)26-18-23(11-5-4-6-12-23)19-9-10-20(29-2)21(17-19)30-3/h8-10,14,16-17H,4-7,11-13,15,18H2,1-3H3,(H2,24,25,26). The fourth-order valence-corrected chi connectivity index (χ4v) is 4.32. The maximum Gasteiger partial charge on any atom is 0.191 e. The van der Waals surface area contributed by atoms with Crippen molar-refractivity contribution >= 4 is 5.96 Å². The average Bonchev–Trinajstić information content (AvgIpc) is 3.32. The highest BCUT2D eigenvalue weighted by molar-refractivity contribution is 5.79. The van der Waals surface area contributed by atoms with E-state index in [4.69, 9.17) is 9.47 Å². The van der Waals surface area contributed by atoms with Gasteiger partial charge < -0.3 is 20.1 Å². The smallest absolute Gasteiger partial charge is 0.191 e. The van der Waals surface area contributed by atoms with E-state index in [1.807, 2.05) is 36.3 Å². The molecule has 1 fully saturated rings. The minimum Gasteiger partial charge on any atom is -0.493 e. The van der Waals surface area contributed by atoms with E-state index in [1.165, 1.54) is 24.8 Å². The molecule has 2 N–H and O–H groups in total. The highest BCUT2D eigenvalue weighted by Gasteiger charge is 2.34. The molecule has 3 rings (SSSR count). The maximum absolute atomic E-state index is 5.57. The van der Waals surface area contributed by atoms with E-state index in [0.717, 1.165) is 56.4 Å². The topological polar surface area (TPSA) is 72.7 Å². The number of aromatic nitrogens is 2. The monoisotopic (exact) mass is 413 g/mol. The predicted molar refractivity (Wildman–Crippen MR) is 121 cm³/mol. The molecule has 2 aromatic rings. The van der Waals surface area contributed by atoms with Crippen LogP contribution in [0, 0.1) is 0 Å². The second kappa shape index (κ2) is 10.9. The molecule has 30 heavy (non-hydrogen) atoms. The molecule has 1 saturated carbocycles. The predicted octanol–water partition coefficient (Wildman–Crippen LogP) is 3.36. The normalized spacial score (nSPS) is 16.2. The summed E-state index contributed by atoms with van der Waals surface area (Å²) in [6, 6.07) is 8.30. The van der Waals surface area contributed by atoms with Gasteiger partial charge in [0, 0.05) is 44.5 Å². The Balaban J connectivity index is 1.62. The van der Waals surface area contributed by atoms with E-state index in [2.05, 4.69) is 32.9 Å². The van der Waals surface area contributed by atoms with Crippen LogP contribution in [0.15, 0.2) is 41.7 Å². The molecule has 0 bridgehead atoms. The SMILES string of the molecule is CN=C(NCCCn1cccn1)NCC1(c2ccc(OC)c(OC)c2)CCCCC1. The van der Waals surface area contributed by atoms with Crippen molar-refractivity contribution in [3.63, 3.8) is 0 Å². The van der Waals surface area contributed by atoms with Gasteiger partial charge in [-0.3, -0.25) is 9.67 Å². The molecule has 0 aliphatic heterocycles. The van der Waals surface area contributed by atoms with Crippen molar-refractivity contribution in [2.24, 2.45) is 4.99 Å². The molecule has 0 saturated heterocycles. The van der Waals surface area contributed by atoms with E-state index in [1.54, 1.807) is 14.2 Å². The lowest BCUT2D eigenvalue weighted by molar-refractivity contribution is 0.288. The lowest BCUT2D eigenvalue weighted by Crippen LogP contribution is -2.46. The van der Waals surface area contributed by atoms with Crippen LogP contribution in [0.25, 0.3) is 0 Å². The Hall–Kier alpha value is -2.70. The molecular formula is C23H35N5O2. The van der Waals surface area contributed by atoms with Crippen LogP contribution in [0.4, 0.5) is 0 Å². The summed E-state index contributed by atoms with van der Waals surface area (Å²) in [5.74, 6) is 2.41. The first-order valence-corrected chi connectivity index (χ1v) is 10.9. The van der Waals surface area contributed by atoms with Crippen LogP contribution in [0.2, 0.25) is 0 Å². The number of aryl methyl sites for hydroxylation is 1. The summed E-state index contributed by atoms with van der Waals surface area (Å²) in [4.78, 5) is 4.42. The zero-order valence-corrected chi connectivity index (χ0v) is 18.5. The number of hydrogen-bond acceptors (Lipinski definition) is 4. The molecule has 1 heterocycles. The van der Waals surface area contributed by atoms with Crippen LogP contribution in [0.3, 0.4) is 0 Å². The van der Waals surface area contributed by atoms with Gasteiger partial charge >= 0.3 is 0 Å². The molecule has 1 aromatic carbocycles. The van der Waals surface area contributed by atoms with Crippen LogP contribution in [-0.2, 0) is 12.0 Å². The second-order valence-corrected chi connectivity index (χ2v) is 7.89. The van der Waals surface area contributed by atoms with Gasteiger partial charge in [-0.2, -0.15) is 5.10 Å². The van der Waals surface area contributed by atoms with Gasteiger partial charge in [-0.1, -0.05) is 25.3 Å². The number of nitrogens with zero attached hydrogens (tertiary/aromatic N) is 3. The molecule has 0 atom stereocenters.